The number of rotatable bonds is 6. The van der Waals surface area contributed by atoms with E-state index in [1.54, 1.807) is 37.3 Å². The van der Waals surface area contributed by atoms with Crippen molar-refractivity contribution in [2.75, 3.05) is 4.72 Å². The molecule has 0 saturated heterocycles. The highest BCUT2D eigenvalue weighted by Gasteiger charge is 2.16. The minimum Gasteiger partial charge on any atom is -0.346 e. The molecule has 1 amide bonds. The normalized spacial score (nSPS) is 12.2. The average Bonchev–Trinajstić information content (AvgIpc) is 2.68. The topological polar surface area (TPSA) is 75.3 Å². The van der Waals surface area contributed by atoms with Gasteiger partial charge in [0.1, 0.15) is 5.82 Å². The van der Waals surface area contributed by atoms with E-state index in [0.717, 1.165) is 5.56 Å². The zero-order valence-electron chi connectivity index (χ0n) is 15.4. The maximum Gasteiger partial charge on any atom is 0.261 e. The first kappa shape index (κ1) is 20.8. The van der Waals surface area contributed by atoms with Crippen LogP contribution in [0.1, 0.15) is 28.9 Å². The Kier molecular flexibility index (Phi) is 6.20. The monoisotopic (exact) mass is 432 g/mol. The predicted octanol–water partition coefficient (Wildman–Crippen LogP) is 4.77. The Bertz CT molecular complexity index is 1120. The molecule has 0 spiro atoms. The van der Waals surface area contributed by atoms with Crippen LogP contribution in [0.3, 0.4) is 0 Å². The number of hydrogen-bond donors (Lipinski definition) is 2. The molecule has 0 aliphatic heterocycles. The first-order valence-corrected chi connectivity index (χ1v) is 10.6. The van der Waals surface area contributed by atoms with Crippen LogP contribution in [0.5, 0.6) is 0 Å². The first-order valence-electron chi connectivity index (χ1n) is 8.69. The molecule has 0 aliphatic carbocycles. The molecule has 3 aromatic carbocycles. The summed E-state index contributed by atoms with van der Waals surface area (Å²) in [6, 6.07) is 17.4. The highest BCUT2D eigenvalue weighted by Crippen LogP contribution is 2.20. The average molecular weight is 433 g/mol. The molecule has 3 aromatic rings. The molecule has 0 unspecified atom stereocenters. The smallest absolute Gasteiger partial charge is 0.261 e. The fourth-order valence-corrected chi connectivity index (χ4v) is 3.84. The van der Waals surface area contributed by atoms with Gasteiger partial charge in [0.25, 0.3) is 15.9 Å². The largest absolute Gasteiger partial charge is 0.346 e. The van der Waals surface area contributed by atoms with Gasteiger partial charge in [0, 0.05) is 16.3 Å². The van der Waals surface area contributed by atoms with Crippen molar-refractivity contribution >= 4 is 33.2 Å². The number of sulfonamides is 1. The van der Waals surface area contributed by atoms with Crippen molar-refractivity contribution in [1.29, 1.82) is 0 Å². The quantitative estimate of drug-likeness (QED) is 0.589. The first-order chi connectivity index (χ1) is 13.7. The summed E-state index contributed by atoms with van der Waals surface area (Å²) < 4.78 is 40.5. The van der Waals surface area contributed by atoms with Gasteiger partial charge < -0.3 is 5.32 Å². The zero-order valence-corrected chi connectivity index (χ0v) is 17.0. The van der Waals surface area contributed by atoms with Crippen molar-refractivity contribution in [3.8, 4) is 0 Å². The standard InChI is InChI=1S/C21H18ClFN2O3S/c1-14(15-5-9-18(23)10-6-15)24-21(26)16-3-2-4-19(13-16)25-29(27,28)20-11-7-17(22)8-12-20/h2-14,25H,1H3,(H,24,26)/t14-/m1/s1. The number of hydrogen-bond acceptors (Lipinski definition) is 3. The van der Waals surface area contributed by atoms with E-state index in [4.69, 9.17) is 11.6 Å². The van der Waals surface area contributed by atoms with E-state index in [-0.39, 0.29) is 33.9 Å². The third-order valence-corrected chi connectivity index (χ3v) is 5.87. The van der Waals surface area contributed by atoms with Crippen LogP contribution in [0.4, 0.5) is 10.1 Å². The van der Waals surface area contributed by atoms with Crippen molar-refractivity contribution in [2.45, 2.75) is 17.9 Å². The van der Waals surface area contributed by atoms with Gasteiger partial charge in [0.2, 0.25) is 0 Å². The highest BCUT2D eigenvalue weighted by molar-refractivity contribution is 7.92. The molecule has 5 nitrogen and oxygen atoms in total. The van der Waals surface area contributed by atoms with Crippen LogP contribution in [0.2, 0.25) is 5.02 Å². The summed E-state index contributed by atoms with van der Waals surface area (Å²) in [7, 11) is -3.82. The molecule has 0 radical (unpaired) electrons. The van der Waals surface area contributed by atoms with Gasteiger partial charge in [-0.05, 0) is 67.1 Å². The number of carbonyl (C=O) groups excluding carboxylic acids is 1. The molecule has 0 bridgehead atoms. The molecular formula is C21H18ClFN2O3S. The summed E-state index contributed by atoms with van der Waals surface area (Å²) >= 11 is 5.79. The summed E-state index contributed by atoms with van der Waals surface area (Å²) in [5.41, 5.74) is 1.29. The Labute approximate surface area is 173 Å². The van der Waals surface area contributed by atoms with Gasteiger partial charge >= 0.3 is 0 Å². The van der Waals surface area contributed by atoms with Crippen molar-refractivity contribution in [3.05, 3.63) is 94.8 Å². The number of carbonyl (C=O) groups is 1. The molecule has 29 heavy (non-hydrogen) atoms. The summed E-state index contributed by atoms with van der Waals surface area (Å²) in [4.78, 5) is 12.6. The van der Waals surface area contributed by atoms with E-state index in [9.17, 15) is 17.6 Å². The van der Waals surface area contributed by atoms with Crippen LogP contribution in [0, 0.1) is 5.82 Å². The van der Waals surface area contributed by atoms with E-state index in [1.807, 2.05) is 0 Å². The van der Waals surface area contributed by atoms with Crippen LogP contribution < -0.4 is 10.0 Å². The van der Waals surface area contributed by atoms with E-state index in [2.05, 4.69) is 10.0 Å². The summed E-state index contributed by atoms with van der Waals surface area (Å²) in [5.74, 6) is -0.734. The number of anilines is 1. The molecule has 2 N–H and O–H groups in total. The number of nitrogens with one attached hydrogen (secondary N) is 2. The minimum absolute atomic E-state index is 0.0571. The van der Waals surface area contributed by atoms with Crippen LogP contribution in [0.15, 0.2) is 77.7 Å². The third-order valence-electron chi connectivity index (χ3n) is 4.22. The Morgan fingerprint density at radius 1 is 1.00 bits per heavy atom. The van der Waals surface area contributed by atoms with E-state index >= 15 is 0 Å². The number of halogens is 2. The van der Waals surface area contributed by atoms with Crippen LogP contribution in [-0.2, 0) is 10.0 Å². The molecular weight excluding hydrogens is 415 g/mol. The Balaban J connectivity index is 1.74. The summed E-state index contributed by atoms with van der Waals surface area (Å²) in [6.45, 7) is 1.78. The molecule has 8 heteroatoms. The van der Waals surface area contributed by atoms with Crippen molar-refractivity contribution in [1.82, 2.24) is 5.32 Å². The lowest BCUT2D eigenvalue weighted by atomic mass is 10.1. The number of benzene rings is 3. The van der Waals surface area contributed by atoms with Crippen LogP contribution in [0.25, 0.3) is 0 Å². The third kappa shape index (κ3) is 5.34. The van der Waals surface area contributed by atoms with Gasteiger partial charge in [0.15, 0.2) is 0 Å². The Morgan fingerprint density at radius 3 is 2.31 bits per heavy atom. The van der Waals surface area contributed by atoms with Gasteiger partial charge in [0.05, 0.1) is 10.9 Å². The fraction of sp³-hybridized carbons (Fsp3) is 0.0952. The van der Waals surface area contributed by atoms with Gasteiger partial charge in [-0.3, -0.25) is 9.52 Å². The minimum atomic E-state index is -3.82. The lowest BCUT2D eigenvalue weighted by Crippen LogP contribution is -2.26. The summed E-state index contributed by atoms with van der Waals surface area (Å²) in [5, 5.41) is 3.24. The molecule has 3 rings (SSSR count). The summed E-state index contributed by atoms with van der Waals surface area (Å²) in [6.07, 6.45) is 0. The Hall–Kier alpha value is -2.90. The van der Waals surface area contributed by atoms with E-state index < -0.39 is 10.0 Å². The van der Waals surface area contributed by atoms with Crippen molar-refractivity contribution in [2.24, 2.45) is 0 Å². The lowest BCUT2D eigenvalue weighted by molar-refractivity contribution is 0.0940. The van der Waals surface area contributed by atoms with Gasteiger partial charge in [-0.2, -0.15) is 0 Å². The van der Waals surface area contributed by atoms with Crippen LogP contribution in [-0.4, -0.2) is 14.3 Å². The molecule has 0 aromatic heterocycles. The number of amides is 1. The SMILES string of the molecule is C[C@@H](NC(=O)c1cccc(NS(=O)(=O)c2ccc(Cl)cc2)c1)c1ccc(F)cc1. The predicted molar refractivity (Wildman–Crippen MR) is 111 cm³/mol. The van der Waals surface area contributed by atoms with Crippen molar-refractivity contribution in [3.63, 3.8) is 0 Å². The second-order valence-corrected chi connectivity index (χ2v) is 8.51. The second-order valence-electron chi connectivity index (χ2n) is 6.39. The molecule has 1 atom stereocenters. The lowest BCUT2D eigenvalue weighted by Gasteiger charge is -2.15. The van der Waals surface area contributed by atoms with Crippen LogP contribution >= 0.6 is 11.6 Å². The Morgan fingerprint density at radius 2 is 1.66 bits per heavy atom. The van der Waals surface area contributed by atoms with E-state index in [0.29, 0.717) is 5.02 Å². The van der Waals surface area contributed by atoms with Gasteiger partial charge in [-0.25, -0.2) is 12.8 Å². The van der Waals surface area contributed by atoms with Gasteiger partial charge in [-0.1, -0.05) is 29.8 Å². The highest BCUT2D eigenvalue weighted by atomic mass is 35.5. The van der Waals surface area contributed by atoms with Crippen molar-refractivity contribution < 1.29 is 17.6 Å². The second kappa shape index (κ2) is 8.63. The molecule has 0 heterocycles. The zero-order chi connectivity index (χ0) is 21.0. The maximum absolute atomic E-state index is 13.0. The van der Waals surface area contributed by atoms with Gasteiger partial charge in [-0.15, -0.1) is 0 Å². The molecule has 0 fully saturated rings. The molecule has 0 saturated carbocycles. The molecule has 150 valence electrons. The maximum atomic E-state index is 13.0. The fourth-order valence-electron chi connectivity index (χ4n) is 2.67. The molecule has 0 aliphatic rings. The van der Waals surface area contributed by atoms with E-state index in [1.165, 1.54) is 42.5 Å².